The molecule has 234 valence electrons. The standard InChI is InChI=1S/C30H30Cl2FN9O3/c1-17(27-22(31)3-4-23(33)28(27)32)45-24-12-18(13-35-29(24)34)19-14-36-42(15-19)21-6-9-40(10-7-21)16-20-2-5-25(39-38-20)41-11-8-26(43)37-30(41)44/h2-5,12-15,17,21H,6-11,16H2,1H3,(H2,34,35)(H,37,43,44)/t17-/m1/s1. The number of nitrogens with two attached hydrogens (primary N) is 1. The largest absolute Gasteiger partial charge is 0.482 e. The first-order valence-electron chi connectivity index (χ1n) is 14.4. The van der Waals surface area contributed by atoms with E-state index in [1.165, 1.54) is 17.0 Å². The molecule has 0 saturated carbocycles. The molecule has 2 aliphatic rings. The Bertz CT molecular complexity index is 1730. The van der Waals surface area contributed by atoms with Gasteiger partial charge in [-0.1, -0.05) is 23.2 Å². The van der Waals surface area contributed by atoms with Crippen LogP contribution in [0.25, 0.3) is 11.1 Å². The van der Waals surface area contributed by atoms with Gasteiger partial charge in [-0.3, -0.25) is 24.6 Å². The minimum atomic E-state index is -0.681. The van der Waals surface area contributed by atoms with Crippen molar-refractivity contribution in [3.8, 4) is 16.9 Å². The van der Waals surface area contributed by atoms with E-state index in [0.29, 0.717) is 23.7 Å². The molecule has 4 aromatic rings. The van der Waals surface area contributed by atoms with Gasteiger partial charge in [-0.05, 0) is 50.1 Å². The second kappa shape index (κ2) is 13.0. The number of rotatable bonds is 8. The molecule has 3 N–H and O–H groups in total. The predicted molar refractivity (Wildman–Crippen MR) is 166 cm³/mol. The number of carbonyl (C=O) groups is 2. The smallest absolute Gasteiger partial charge is 0.329 e. The molecule has 3 amide bonds. The minimum Gasteiger partial charge on any atom is -0.482 e. The highest BCUT2D eigenvalue weighted by Gasteiger charge is 2.26. The van der Waals surface area contributed by atoms with Gasteiger partial charge in [0.2, 0.25) is 5.91 Å². The summed E-state index contributed by atoms with van der Waals surface area (Å²) >= 11 is 12.4. The summed E-state index contributed by atoms with van der Waals surface area (Å²) in [6.45, 7) is 4.34. The molecule has 0 spiro atoms. The Morgan fingerprint density at radius 1 is 1.09 bits per heavy atom. The van der Waals surface area contributed by atoms with Crippen molar-refractivity contribution in [2.24, 2.45) is 0 Å². The zero-order valence-electron chi connectivity index (χ0n) is 24.3. The Kier molecular flexibility index (Phi) is 8.83. The highest BCUT2D eigenvalue weighted by Crippen LogP contribution is 2.37. The molecule has 5 heterocycles. The van der Waals surface area contributed by atoms with Crippen LogP contribution in [0.5, 0.6) is 5.75 Å². The Balaban J connectivity index is 1.06. The SMILES string of the molecule is C[C@@H](Oc1cc(-c2cnn(C3CCN(Cc4ccc(N5CCC(=O)NC5=O)nn4)CC3)c2)cnc1N)c1c(Cl)ccc(F)c1Cl. The maximum absolute atomic E-state index is 14.1. The number of anilines is 2. The van der Waals surface area contributed by atoms with Crippen LogP contribution in [0.4, 0.5) is 20.8 Å². The van der Waals surface area contributed by atoms with E-state index in [1.54, 1.807) is 31.5 Å². The zero-order valence-corrected chi connectivity index (χ0v) is 25.8. The Labute approximate surface area is 268 Å². The van der Waals surface area contributed by atoms with Gasteiger partial charge in [-0.2, -0.15) is 10.2 Å². The van der Waals surface area contributed by atoms with Crippen molar-refractivity contribution >= 4 is 46.8 Å². The number of nitrogen functional groups attached to an aromatic ring is 1. The summed E-state index contributed by atoms with van der Waals surface area (Å²) < 4.78 is 22.1. The van der Waals surface area contributed by atoms with Crippen molar-refractivity contribution in [1.82, 2.24) is 35.2 Å². The number of carbonyl (C=O) groups excluding carboxylic acids is 2. The zero-order chi connectivity index (χ0) is 31.7. The quantitative estimate of drug-likeness (QED) is 0.246. The number of imide groups is 1. The first kappa shape index (κ1) is 30.7. The second-order valence-corrected chi connectivity index (χ2v) is 11.8. The summed E-state index contributed by atoms with van der Waals surface area (Å²) in [7, 11) is 0. The molecule has 0 aliphatic carbocycles. The fraction of sp³-hybridized carbons (Fsp3) is 0.333. The molecule has 3 aromatic heterocycles. The Hall–Kier alpha value is -4.33. The first-order chi connectivity index (χ1) is 21.7. The number of ether oxygens (including phenoxy) is 1. The average molecular weight is 655 g/mol. The number of halogens is 3. The number of piperidine rings is 1. The van der Waals surface area contributed by atoms with E-state index < -0.39 is 18.0 Å². The van der Waals surface area contributed by atoms with Crippen LogP contribution in [-0.2, 0) is 11.3 Å². The summed E-state index contributed by atoms with van der Waals surface area (Å²) in [5, 5.41) is 15.6. The first-order valence-corrected chi connectivity index (χ1v) is 15.2. The molecule has 2 saturated heterocycles. The van der Waals surface area contributed by atoms with Gasteiger partial charge in [0.05, 0.1) is 23.0 Å². The van der Waals surface area contributed by atoms with E-state index in [2.05, 4.69) is 30.5 Å². The lowest BCUT2D eigenvalue weighted by atomic mass is 10.0. The summed E-state index contributed by atoms with van der Waals surface area (Å²) in [4.78, 5) is 31.5. The summed E-state index contributed by atoms with van der Waals surface area (Å²) in [6.07, 6.45) is 6.77. The van der Waals surface area contributed by atoms with Crippen molar-refractivity contribution in [1.29, 1.82) is 0 Å². The van der Waals surface area contributed by atoms with Gasteiger partial charge in [0.15, 0.2) is 17.4 Å². The molecular formula is C30H30Cl2FN9O3. The van der Waals surface area contributed by atoms with E-state index in [4.69, 9.17) is 33.7 Å². The normalized spacial score (nSPS) is 16.9. The third-order valence-electron chi connectivity index (χ3n) is 7.96. The molecule has 1 aromatic carbocycles. The molecule has 0 radical (unpaired) electrons. The molecule has 1 atom stereocenters. The van der Waals surface area contributed by atoms with Gasteiger partial charge in [0.1, 0.15) is 11.9 Å². The third-order valence-corrected chi connectivity index (χ3v) is 8.67. The molecule has 12 nitrogen and oxygen atoms in total. The van der Waals surface area contributed by atoms with Crippen LogP contribution in [-0.4, -0.2) is 61.4 Å². The van der Waals surface area contributed by atoms with Crippen LogP contribution in [0.1, 0.15) is 49.6 Å². The van der Waals surface area contributed by atoms with Crippen molar-refractivity contribution in [3.05, 3.63) is 76.0 Å². The number of hydrogen-bond donors (Lipinski definition) is 2. The van der Waals surface area contributed by atoms with Gasteiger partial charge >= 0.3 is 6.03 Å². The summed E-state index contributed by atoms with van der Waals surface area (Å²) in [5.74, 6) is 0.0477. The van der Waals surface area contributed by atoms with Crippen molar-refractivity contribution < 1.29 is 18.7 Å². The fourth-order valence-electron chi connectivity index (χ4n) is 5.49. The number of nitrogens with zero attached hydrogens (tertiary/aromatic N) is 7. The van der Waals surface area contributed by atoms with E-state index in [1.807, 2.05) is 16.9 Å². The lowest BCUT2D eigenvalue weighted by molar-refractivity contribution is -0.120. The van der Waals surface area contributed by atoms with Gasteiger partial charge in [-0.25, -0.2) is 14.2 Å². The summed E-state index contributed by atoms with van der Waals surface area (Å²) in [5.41, 5.74) is 8.85. The number of hydrogen-bond acceptors (Lipinski definition) is 9. The molecule has 45 heavy (non-hydrogen) atoms. The fourth-order valence-corrected chi connectivity index (χ4v) is 6.17. The number of amides is 3. The number of likely N-dealkylation sites (tertiary alicyclic amines) is 1. The van der Waals surface area contributed by atoms with E-state index >= 15 is 0 Å². The topological polar surface area (TPSA) is 144 Å². The van der Waals surface area contributed by atoms with Gasteiger partial charge in [0, 0.05) is 66.7 Å². The van der Waals surface area contributed by atoms with Gasteiger partial charge in [-0.15, -0.1) is 5.10 Å². The van der Waals surface area contributed by atoms with E-state index in [0.717, 1.165) is 42.8 Å². The maximum atomic E-state index is 14.1. The number of pyridine rings is 1. The lowest BCUT2D eigenvalue weighted by Gasteiger charge is -2.31. The van der Waals surface area contributed by atoms with Crippen LogP contribution in [0.3, 0.4) is 0 Å². The highest BCUT2D eigenvalue weighted by molar-refractivity contribution is 6.36. The van der Waals surface area contributed by atoms with E-state index in [-0.39, 0.29) is 40.8 Å². The van der Waals surface area contributed by atoms with Crippen molar-refractivity contribution in [2.45, 2.75) is 44.9 Å². The molecule has 6 rings (SSSR count). The molecule has 2 fully saturated rings. The Morgan fingerprint density at radius 3 is 2.62 bits per heavy atom. The van der Waals surface area contributed by atoms with Crippen molar-refractivity contribution in [2.75, 3.05) is 30.3 Å². The van der Waals surface area contributed by atoms with Crippen LogP contribution in [0.15, 0.2) is 48.9 Å². The minimum absolute atomic E-state index is 0.0983. The van der Waals surface area contributed by atoms with Crippen molar-refractivity contribution in [3.63, 3.8) is 0 Å². The molecule has 0 unspecified atom stereocenters. The van der Waals surface area contributed by atoms with Crippen LogP contribution >= 0.6 is 23.2 Å². The van der Waals surface area contributed by atoms with Crippen LogP contribution in [0.2, 0.25) is 10.0 Å². The molecule has 15 heteroatoms. The Morgan fingerprint density at radius 2 is 1.89 bits per heavy atom. The molecular weight excluding hydrogens is 624 g/mol. The molecule has 2 aliphatic heterocycles. The third kappa shape index (κ3) is 6.70. The maximum Gasteiger partial charge on any atom is 0.329 e. The second-order valence-electron chi connectivity index (χ2n) is 11.0. The lowest BCUT2D eigenvalue weighted by Crippen LogP contribution is -2.50. The average Bonchev–Trinajstić information content (AvgIpc) is 3.52. The number of aromatic nitrogens is 5. The highest BCUT2D eigenvalue weighted by atomic mass is 35.5. The number of benzene rings is 1. The van der Waals surface area contributed by atoms with Crippen LogP contribution < -0.4 is 20.7 Å². The predicted octanol–water partition coefficient (Wildman–Crippen LogP) is 5.19. The van der Waals surface area contributed by atoms with Crippen LogP contribution in [0, 0.1) is 5.82 Å². The number of nitrogens with one attached hydrogen (secondary N) is 1. The monoisotopic (exact) mass is 653 g/mol. The summed E-state index contributed by atoms with van der Waals surface area (Å²) in [6, 6.07) is 7.77. The number of urea groups is 1. The van der Waals surface area contributed by atoms with Gasteiger partial charge < -0.3 is 10.5 Å². The molecule has 0 bridgehead atoms. The van der Waals surface area contributed by atoms with E-state index in [9.17, 15) is 14.0 Å². The van der Waals surface area contributed by atoms with Gasteiger partial charge in [0.25, 0.3) is 0 Å².